The van der Waals surface area contributed by atoms with Gasteiger partial charge >= 0.3 is 12.1 Å². The Bertz CT molecular complexity index is 506. The highest BCUT2D eigenvalue weighted by atomic mass is 16.6. The summed E-state index contributed by atoms with van der Waals surface area (Å²) in [5, 5.41) is 11.8. The molecular weight excluding hydrogens is 328 g/mol. The topological polar surface area (TPSA) is 105 Å². The normalized spacial score (nSPS) is 19.4. The molecule has 0 spiro atoms. The van der Waals surface area contributed by atoms with E-state index in [2.05, 4.69) is 5.32 Å². The minimum absolute atomic E-state index is 0.0651. The molecule has 8 nitrogen and oxygen atoms in total. The van der Waals surface area contributed by atoms with Crippen LogP contribution in [0.15, 0.2) is 0 Å². The lowest BCUT2D eigenvalue weighted by Gasteiger charge is -2.30. The van der Waals surface area contributed by atoms with E-state index in [1.165, 1.54) is 4.90 Å². The third-order valence-electron chi connectivity index (χ3n) is 3.49. The van der Waals surface area contributed by atoms with Gasteiger partial charge in [-0.05, 0) is 54.4 Å². The zero-order valence-electron chi connectivity index (χ0n) is 15.9. The van der Waals surface area contributed by atoms with E-state index in [0.717, 1.165) is 0 Å². The van der Waals surface area contributed by atoms with E-state index in [9.17, 15) is 19.5 Å². The number of ether oxygens (including phenoxy) is 2. The first-order valence-electron chi connectivity index (χ1n) is 8.47. The molecule has 1 rings (SSSR count). The van der Waals surface area contributed by atoms with Crippen molar-refractivity contribution in [1.29, 1.82) is 0 Å². The largest absolute Gasteiger partial charge is 0.480 e. The van der Waals surface area contributed by atoms with Crippen LogP contribution in [0.4, 0.5) is 4.79 Å². The molecule has 1 saturated heterocycles. The summed E-state index contributed by atoms with van der Waals surface area (Å²) in [6.07, 6.45) is 0.275. The molecule has 144 valence electrons. The number of carbonyl (C=O) groups excluding carboxylic acids is 2. The van der Waals surface area contributed by atoms with Crippen molar-refractivity contribution in [3.63, 3.8) is 0 Å². The molecular formula is C17H30N2O6. The number of alkyl carbamates (subject to hydrolysis) is 1. The number of nitrogens with zero attached hydrogens (tertiary/aromatic N) is 1. The van der Waals surface area contributed by atoms with Crippen LogP contribution in [-0.2, 0) is 19.1 Å². The van der Waals surface area contributed by atoms with Gasteiger partial charge in [-0.2, -0.15) is 0 Å². The molecule has 0 unspecified atom stereocenters. The first kappa shape index (κ1) is 21.2. The van der Waals surface area contributed by atoms with Crippen molar-refractivity contribution in [2.75, 3.05) is 13.2 Å². The first-order valence-corrected chi connectivity index (χ1v) is 8.47. The molecule has 0 aromatic heterocycles. The number of likely N-dealkylation sites (tertiary alicyclic amines) is 1. The lowest BCUT2D eigenvalue weighted by molar-refractivity contribution is -0.150. The molecule has 8 heteroatoms. The lowest BCUT2D eigenvalue weighted by Crippen LogP contribution is -2.54. The maximum Gasteiger partial charge on any atom is 0.408 e. The van der Waals surface area contributed by atoms with E-state index in [0.29, 0.717) is 19.4 Å². The molecule has 1 aliphatic heterocycles. The molecule has 0 saturated carbocycles. The number of carbonyl (C=O) groups is 3. The van der Waals surface area contributed by atoms with E-state index in [1.807, 2.05) is 20.8 Å². The molecule has 0 radical (unpaired) electrons. The molecule has 2 atom stereocenters. The average Bonchev–Trinajstić information content (AvgIpc) is 2.89. The van der Waals surface area contributed by atoms with Crippen LogP contribution in [0.1, 0.15) is 54.4 Å². The van der Waals surface area contributed by atoms with Gasteiger partial charge in [-0.1, -0.05) is 0 Å². The second kappa shape index (κ2) is 8.03. The molecule has 2 amide bonds. The van der Waals surface area contributed by atoms with Crippen LogP contribution in [0.25, 0.3) is 0 Å². The van der Waals surface area contributed by atoms with Crippen molar-refractivity contribution in [3.05, 3.63) is 0 Å². The maximum atomic E-state index is 12.8. The summed E-state index contributed by atoms with van der Waals surface area (Å²) in [6, 6.07) is -1.88. The molecule has 0 aromatic rings. The number of hydrogen-bond donors (Lipinski definition) is 2. The fourth-order valence-electron chi connectivity index (χ4n) is 2.45. The predicted octanol–water partition coefficient (Wildman–Crippen LogP) is 1.77. The third-order valence-corrected chi connectivity index (χ3v) is 3.49. The van der Waals surface area contributed by atoms with Crippen molar-refractivity contribution in [2.45, 2.75) is 77.7 Å². The maximum absolute atomic E-state index is 12.8. The molecule has 1 heterocycles. The Morgan fingerprint density at radius 3 is 2.24 bits per heavy atom. The van der Waals surface area contributed by atoms with Gasteiger partial charge in [-0.3, -0.25) is 4.79 Å². The van der Waals surface area contributed by atoms with Gasteiger partial charge in [0.05, 0.1) is 12.2 Å². The van der Waals surface area contributed by atoms with E-state index >= 15 is 0 Å². The molecule has 1 fully saturated rings. The van der Waals surface area contributed by atoms with Crippen LogP contribution in [0.3, 0.4) is 0 Å². The molecule has 0 aliphatic carbocycles. The Labute approximate surface area is 148 Å². The van der Waals surface area contributed by atoms with Crippen molar-refractivity contribution < 1.29 is 29.0 Å². The van der Waals surface area contributed by atoms with Gasteiger partial charge in [0.15, 0.2) is 0 Å². The summed E-state index contributed by atoms with van der Waals surface area (Å²) in [7, 11) is 0. The Balaban J connectivity index is 2.87. The summed E-state index contributed by atoms with van der Waals surface area (Å²) in [6.45, 7) is 10.9. The minimum Gasteiger partial charge on any atom is -0.480 e. The number of amides is 2. The van der Waals surface area contributed by atoms with Gasteiger partial charge in [0.25, 0.3) is 0 Å². The quantitative estimate of drug-likeness (QED) is 0.776. The Hall–Kier alpha value is -1.83. The van der Waals surface area contributed by atoms with Crippen LogP contribution in [0.5, 0.6) is 0 Å². The number of aliphatic carboxylic acids is 1. The second-order valence-corrected chi connectivity index (χ2v) is 8.15. The highest BCUT2D eigenvalue weighted by Crippen LogP contribution is 2.19. The third kappa shape index (κ3) is 7.29. The minimum atomic E-state index is -1.04. The van der Waals surface area contributed by atoms with Gasteiger partial charge in [0, 0.05) is 6.54 Å². The van der Waals surface area contributed by atoms with E-state index in [1.54, 1.807) is 20.8 Å². The monoisotopic (exact) mass is 358 g/mol. The summed E-state index contributed by atoms with van der Waals surface area (Å²) >= 11 is 0. The van der Waals surface area contributed by atoms with Crippen LogP contribution < -0.4 is 5.32 Å². The fraction of sp³-hybridized carbons (Fsp3) is 0.824. The van der Waals surface area contributed by atoms with Crippen molar-refractivity contribution in [2.24, 2.45) is 0 Å². The van der Waals surface area contributed by atoms with E-state index in [-0.39, 0.29) is 6.61 Å². The van der Waals surface area contributed by atoms with Crippen molar-refractivity contribution in [1.82, 2.24) is 10.2 Å². The predicted molar refractivity (Wildman–Crippen MR) is 91.2 cm³/mol. The SMILES string of the molecule is CC(C)(C)OC[C@H](NC(=O)OC(C)(C)C)C(=O)N1CCC[C@H]1C(=O)O. The number of carboxylic acids is 1. The summed E-state index contributed by atoms with van der Waals surface area (Å²) in [4.78, 5) is 37.5. The van der Waals surface area contributed by atoms with Gasteiger partial charge in [-0.15, -0.1) is 0 Å². The van der Waals surface area contributed by atoms with Crippen LogP contribution >= 0.6 is 0 Å². The summed E-state index contributed by atoms with van der Waals surface area (Å²) < 4.78 is 10.8. The smallest absolute Gasteiger partial charge is 0.408 e. The van der Waals surface area contributed by atoms with Gasteiger partial charge in [0.2, 0.25) is 5.91 Å². The van der Waals surface area contributed by atoms with E-state index < -0.39 is 41.3 Å². The van der Waals surface area contributed by atoms with E-state index in [4.69, 9.17) is 9.47 Å². The summed E-state index contributed by atoms with van der Waals surface area (Å²) in [5.41, 5.74) is -1.22. The molecule has 0 bridgehead atoms. The van der Waals surface area contributed by atoms with Crippen LogP contribution in [-0.4, -0.2) is 64.4 Å². The summed E-state index contributed by atoms with van der Waals surface area (Å²) in [5.74, 6) is -1.52. The Morgan fingerprint density at radius 1 is 1.16 bits per heavy atom. The highest BCUT2D eigenvalue weighted by molar-refractivity contribution is 5.89. The Morgan fingerprint density at radius 2 is 1.76 bits per heavy atom. The highest BCUT2D eigenvalue weighted by Gasteiger charge is 2.38. The number of carboxylic acid groups (broad SMARTS) is 1. The van der Waals surface area contributed by atoms with Crippen LogP contribution in [0.2, 0.25) is 0 Å². The molecule has 1 aliphatic rings. The Kier molecular flexibility index (Phi) is 6.82. The number of rotatable bonds is 5. The molecule has 2 N–H and O–H groups in total. The van der Waals surface area contributed by atoms with Crippen LogP contribution in [0, 0.1) is 0 Å². The number of hydrogen-bond acceptors (Lipinski definition) is 5. The van der Waals surface area contributed by atoms with Crippen molar-refractivity contribution in [3.8, 4) is 0 Å². The first-order chi connectivity index (χ1) is 11.3. The average molecular weight is 358 g/mol. The molecule has 0 aromatic carbocycles. The zero-order chi connectivity index (χ0) is 19.4. The fourth-order valence-corrected chi connectivity index (χ4v) is 2.45. The van der Waals surface area contributed by atoms with Gasteiger partial charge in [-0.25, -0.2) is 9.59 Å². The number of nitrogens with one attached hydrogen (secondary N) is 1. The lowest BCUT2D eigenvalue weighted by atomic mass is 10.1. The van der Waals surface area contributed by atoms with Crippen molar-refractivity contribution >= 4 is 18.0 Å². The second-order valence-electron chi connectivity index (χ2n) is 8.15. The standard InChI is InChI=1S/C17H30N2O6/c1-16(2,3)24-10-11(18-15(23)25-17(4,5)6)13(20)19-9-7-8-12(19)14(21)22/h11-12H,7-10H2,1-6H3,(H,18,23)(H,21,22)/t11-,12-/m0/s1. The molecule has 25 heavy (non-hydrogen) atoms. The van der Waals surface area contributed by atoms with Gasteiger partial charge in [0.1, 0.15) is 17.7 Å². The van der Waals surface area contributed by atoms with Gasteiger partial charge < -0.3 is 24.8 Å². The zero-order valence-corrected chi connectivity index (χ0v) is 15.9.